The van der Waals surface area contributed by atoms with Gasteiger partial charge >= 0.3 is 0 Å². The molecular formula is C16H20N2. The summed E-state index contributed by atoms with van der Waals surface area (Å²) >= 11 is 0. The molecule has 2 heteroatoms. The molecular weight excluding hydrogens is 220 g/mol. The molecule has 0 radical (unpaired) electrons. The highest BCUT2D eigenvalue weighted by atomic mass is 14.8. The maximum absolute atomic E-state index is 3.38. The summed E-state index contributed by atoms with van der Waals surface area (Å²) in [5.74, 6) is 0.645. The molecule has 3 rings (SSSR count). The van der Waals surface area contributed by atoms with Crippen LogP contribution in [0.25, 0.3) is 10.9 Å². The standard InChI is InChI=1S/C16H20N2/c1-12(13-6-8-17-9-7-13)10-14-11-18-16-5-3-2-4-15(14)16/h2-6,11-12,17-18H,7-10H2,1H3. The molecule has 0 aliphatic carbocycles. The zero-order valence-electron chi connectivity index (χ0n) is 10.9. The van der Waals surface area contributed by atoms with Gasteiger partial charge in [0.25, 0.3) is 0 Å². The predicted octanol–water partition coefficient (Wildman–Crippen LogP) is 3.27. The number of nitrogens with one attached hydrogen (secondary N) is 2. The van der Waals surface area contributed by atoms with Crippen molar-refractivity contribution in [3.8, 4) is 0 Å². The van der Waals surface area contributed by atoms with Crippen LogP contribution in [0.2, 0.25) is 0 Å². The van der Waals surface area contributed by atoms with E-state index in [9.17, 15) is 0 Å². The van der Waals surface area contributed by atoms with Crippen molar-refractivity contribution in [3.63, 3.8) is 0 Å². The summed E-state index contributed by atoms with van der Waals surface area (Å²) in [4.78, 5) is 3.36. The molecule has 0 saturated carbocycles. The molecule has 1 atom stereocenters. The van der Waals surface area contributed by atoms with Gasteiger partial charge in [-0.25, -0.2) is 0 Å². The molecule has 2 nitrogen and oxygen atoms in total. The monoisotopic (exact) mass is 240 g/mol. The molecule has 0 saturated heterocycles. The third-order valence-corrected chi connectivity index (χ3v) is 3.93. The van der Waals surface area contributed by atoms with E-state index in [-0.39, 0.29) is 0 Å². The molecule has 0 spiro atoms. The van der Waals surface area contributed by atoms with Gasteiger partial charge < -0.3 is 10.3 Å². The van der Waals surface area contributed by atoms with Crippen molar-refractivity contribution < 1.29 is 0 Å². The van der Waals surface area contributed by atoms with Gasteiger partial charge in [0.05, 0.1) is 0 Å². The fraction of sp³-hybridized carbons (Fsp3) is 0.375. The van der Waals surface area contributed by atoms with E-state index in [4.69, 9.17) is 0 Å². The van der Waals surface area contributed by atoms with Crippen molar-refractivity contribution in [3.05, 3.63) is 47.7 Å². The Morgan fingerprint density at radius 2 is 2.17 bits per heavy atom. The highest BCUT2D eigenvalue weighted by Gasteiger charge is 2.13. The number of hydrogen-bond acceptors (Lipinski definition) is 1. The SMILES string of the molecule is CC(Cc1c[nH]c2ccccc12)C1=CCNCC1. The maximum Gasteiger partial charge on any atom is 0.0456 e. The summed E-state index contributed by atoms with van der Waals surface area (Å²) in [7, 11) is 0. The van der Waals surface area contributed by atoms with E-state index in [1.54, 1.807) is 5.57 Å². The fourth-order valence-corrected chi connectivity index (χ4v) is 2.85. The second-order valence-corrected chi connectivity index (χ2v) is 5.20. The third kappa shape index (κ3) is 2.21. The Bertz CT molecular complexity index is 565. The second kappa shape index (κ2) is 4.99. The average molecular weight is 240 g/mol. The van der Waals surface area contributed by atoms with Crippen molar-refractivity contribution >= 4 is 10.9 Å². The topological polar surface area (TPSA) is 27.8 Å². The van der Waals surface area contributed by atoms with Crippen LogP contribution in [0.4, 0.5) is 0 Å². The Hall–Kier alpha value is -1.54. The van der Waals surface area contributed by atoms with Crippen LogP contribution in [0.5, 0.6) is 0 Å². The van der Waals surface area contributed by atoms with E-state index in [1.165, 1.54) is 22.9 Å². The zero-order valence-corrected chi connectivity index (χ0v) is 10.9. The summed E-state index contributed by atoms with van der Waals surface area (Å²) in [5, 5.41) is 4.75. The Balaban J connectivity index is 1.81. The highest BCUT2D eigenvalue weighted by molar-refractivity contribution is 5.83. The predicted molar refractivity (Wildman–Crippen MR) is 76.7 cm³/mol. The van der Waals surface area contributed by atoms with Crippen molar-refractivity contribution in [2.45, 2.75) is 19.8 Å². The molecule has 1 aromatic carbocycles. The van der Waals surface area contributed by atoms with E-state index < -0.39 is 0 Å². The normalized spacial score (nSPS) is 17.7. The Kier molecular flexibility index (Phi) is 3.20. The quantitative estimate of drug-likeness (QED) is 0.792. The number of benzene rings is 1. The third-order valence-electron chi connectivity index (χ3n) is 3.93. The first kappa shape index (κ1) is 11.5. The van der Waals surface area contributed by atoms with E-state index >= 15 is 0 Å². The molecule has 1 aliphatic heterocycles. The van der Waals surface area contributed by atoms with E-state index in [0.717, 1.165) is 19.5 Å². The number of H-pyrrole nitrogens is 1. The highest BCUT2D eigenvalue weighted by Crippen LogP contribution is 2.25. The Morgan fingerprint density at radius 3 is 3.00 bits per heavy atom. The smallest absolute Gasteiger partial charge is 0.0456 e. The van der Waals surface area contributed by atoms with Gasteiger partial charge in [-0.1, -0.05) is 36.8 Å². The van der Waals surface area contributed by atoms with Crippen molar-refractivity contribution in [1.82, 2.24) is 10.3 Å². The summed E-state index contributed by atoms with van der Waals surface area (Å²) in [6.07, 6.45) is 6.87. The largest absolute Gasteiger partial charge is 0.361 e. The number of para-hydroxylation sites is 1. The van der Waals surface area contributed by atoms with Gasteiger partial charge in [0.1, 0.15) is 0 Å². The molecule has 0 amide bonds. The van der Waals surface area contributed by atoms with Crippen LogP contribution in [0, 0.1) is 5.92 Å². The number of rotatable bonds is 3. The first-order chi connectivity index (χ1) is 8.84. The fourth-order valence-electron chi connectivity index (χ4n) is 2.85. The van der Waals surface area contributed by atoms with Gasteiger partial charge in [-0.05, 0) is 36.9 Å². The van der Waals surface area contributed by atoms with Crippen LogP contribution in [0.1, 0.15) is 18.9 Å². The van der Waals surface area contributed by atoms with Crippen molar-refractivity contribution in [2.75, 3.05) is 13.1 Å². The molecule has 94 valence electrons. The Labute approximate surface area is 108 Å². The molecule has 0 bridgehead atoms. The lowest BCUT2D eigenvalue weighted by Gasteiger charge is -2.20. The summed E-state index contributed by atoms with van der Waals surface area (Å²) in [6, 6.07) is 8.56. The molecule has 18 heavy (non-hydrogen) atoms. The van der Waals surface area contributed by atoms with Crippen LogP contribution < -0.4 is 5.32 Å². The van der Waals surface area contributed by atoms with Crippen molar-refractivity contribution in [2.24, 2.45) is 5.92 Å². The lowest BCUT2D eigenvalue weighted by Crippen LogP contribution is -2.23. The Morgan fingerprint density at radius 1 is 1.28 bits per heavy atom. The molecule has 1 unspecified atom stereocenters. The van der Waals surface area contributed by atoms with Crippen LogP contribution in [0.3, 0.4) is 0 Å². The molecule has 2 N–H and O–H groups in total. The average Bonchev–Trinajstić information content (AvgIpc) is 2.83. The molecule has 0 fully saturated rings. The van der Waals surface area contributed by atoms with Crippen LogP contribution >= 0.6 is 0 Å². The molecule has 2 aromatic rings. The van der Waals surface area contributed by atoms with Crippen LogP contribution in [0.15, 0.2) is 42.1 Å². The first-order valence-corrected chi connectivity index (χ1v) is 6.79. The minimum atomic E-state index is 0.645. The van der Waals surface area contributed by atoms with Gasteiger partial charge in [-0.2, -0.15) is 0 Å². The van der Waals surface area contributed by atoms with Gasteiger partial charge in [-0.3, -0.25) is 0 Å². The zero-order chi connectivity index (χ0) is 12.4. The first-order valence-electron chi connectivity index (χ1n) is 6.79. The van der Waals surface area contributed by atoms with Crippen LogP contribution in [-0.2, 0) is 6.42 Å². The van der Waals surface area contributed by atoms with Gasteiger partial charge in [0.15, 0.2) is 0 Å². The van der Waals surface area contributed by atoms with Gasteiger partial charge in [-0.15, -0.1) is 0 Å². The minimum Gasteiger partial charge on any atom is -0.361 e. The molecule has 1 aromatic heterocycles. The van der Waals surface area contributed by atoms with E-state index in [0.29, 0.717) is 5.92 Å². The summed E-state index contributed by atoms with van der Waals surface area (Å²) in [5.41, 5.74) is 4.30. The van der Waals surface area contributed by atoms with Gasteiger partial charge in [0.2, 0.25) is 0 Å². The molecule has 2 heterocycles. The lowest BCUT2D eigenvalue weighted by molar-refractivity contribution is 0.592. The number of hydrogen-bond donors (Lipinski definition) is 2. The van der Waals surface area contributed by atoms with Crippen LogP contribution in [-0.4, -0.2) is 18.1 Å². The van der Waals surface area contributed by atoms with E-state index in [2.05, 4.69) is 53.8 Å². The summed E-state index contributed by atoms with van der Waals surface area (Å²) < 4.78 is 0. The van der Waals surface area contributed by atoms with E-state index in [1.807, 2.05) is 0 Å². The van der Waals surface area contributed by atoms with Gasteiger partial charge in [0, 0.05) is 23.6 Å². The number of fused-ring (bicyclic) bond motifs is 1. The maximum atomic E-state index is 3.38. The number of aromatic amines is 1. The second-order valence-electron chi connectivity index (χ2n) is 5.20. The minimum absolute atomic E-state index is 0.645. The van der Waals surface area contributed by atoms with Crippen molar-refractivity contribution in [1.29, 1.82) is 0 Å². The number of aromatic nitrogens is 1. The summed E-state index contributed by atoms with van der Waals surface area (Å²) in [6.45, 7) is 4.51. The molecule has 1 aliphatic rings. The lowest BCUT2D eigenvalue weighted by atomic mass is 9.90.